The number of hydrogen-bond acceptors (Lipinski definition) is 5. The molecule has 2 aliphatic rings. The van der Waals surface area contributed by atoms with Crippen LogP contribution < -0.4 is 0 Å². The zero-order valence-electron chi connectivity index (χ0n) is 18.9. The second-order valence-electron chi connectivity index (χ2n) is 8.71. The van der Waals surface area contributed by atoms with Crippen molar-refractivity contribution in [3.05, 3.63) is 42.0 Å². The van der Waals surface area contributed by atoms with Crippen LogP contribution in [0.1, 0.15) is 26.3 Å². The number of allylic oxidation sites excluding steroid dienone is 1. The van der Waals surface area contributed by atoms with E-state index in [-0.39, 0.29) is 31.0 Å². The van der Waals surface area contributed by atoms with E-state index in [1.54, 1.807) is 0 Å². The number of nitrogens with zero attached hydrogens (tertiary/aromatic N) is 2. The average Bonchev–Trinajstić information content (AvgIpc) is 3.26. The highest BCUT2D eigenvalue weighted by Crippen LogP contribution is 2.42. The van der Waals surface area contributed by atoms with Crippen molar-refractivity contribution in [3.8, 4) is 0 Å². The maximum Gasteiger partial charge on any atom is 0.290 e. The standard InChI is InChI=1S/C23H34N2O3.CH2O2/c1-4-28-14-22(27)25-13-21-12-24(15-23(21,16-25)17-26)11-20(10-18(2)3)19-8-6-5-7-9-19;2-1-3/h5-10,18,21,26H,4,11-17H2,1-3H3;1H,(H,2,3)/b20-10+;. The lowest BCUT2D eigenvalue weighted by atomic mass is 9.82. The van der Waals surface area contributed by atoms with Crippen molar-refractivity contribution >= 4 is 18.0 Å². The number of carbonyl (C=O) groups is 2. The monoisotopic (exact) mass is 432 g/mol. The van der Waals surface area contributed by atoms with Gasteiger partial charge in [0, 0.05) is 44.7 Å². The Morgan fingerprint density at radius 1 is 1.26 bits per heavy atom. The number of ether oxygens (including phenoxy) is 1. The Balaban J connectivity index is 0.00000107. The minimum absolute atomic E-state index is 0.0419. The largest absolute Gasteiger partial charge is 0.483 e. The molecule has 2 atom stereocenters. The molecule has 1 amide bonds. The summed E-state index contributed by atoms with van der Waals surface area (Å²) in [6.45, 7) is 10.9. The quantitative estimate of drug-likeness (QED) is 0.612. The summed E-state index contributed by atoms with van der Waals surface area (Å²) in [6.07, 6.45) is 2.34. The molecular weight excluding hydrogens is 396 g/mol. The lowest BCUT2D eigenvalue weighted by Gasteiger charge is -2.28. The number of aliphatic hydroxyl groups is 1. The molecule has 7 heteroatoms. The van der Waals surface area contributed by atoms with Crippen LogP contribution in [0.25, 0.3) is 5.57 Å². The molecule has 7 nitrogen and oxygen atoms in total. The number of amides is 1. The van der Waals surface area contributed by atoms with Gasteiger partial charge in [-0.2, -0.15) is 0 Å². The average molecular weight is 433 g/mol. The van der Waals surface area contributed by atoms with Crippen LogP contribution in [0.5, 0.6) is 0 Å². The van der Waals surface area contributed by atoms with Crippen molar-refractivity contribution in [2.75, 3.05) is 52.5 Å². The molecule has 0 aliphatic carbocycles. The fraction of sp³-hybridized carbons (Fsp3) is 0.583. The van der Waals surface area contributed by atoms with E-state index in [1.165, 1.54) is 11.1 Å². The van der Waals surface area contributed by atoms with Gasteiger partial charge in [0.1, 0.15) is 6.61 Å². The Hall–Kier alpha value is -2.22. The molecule has 2 saturated heterocycles. The number of rotatable bonds is 8. The molecule has 31 heavy (non-hydrogen) atoms. The first-order valence-electron chi connectivity index (χ1n) is 10.9. The number of aliphatic hydroxyl groups excluding tert-OH is 1. The molecule has 2 fully saturated rings. The predicted molar refractivity (Wildman–Crippen MR) is 120 cm³/mol. The Kier molecular flexibility index (Phi) is 9.68. The third-order valence-corrected chi connectivity index (χ3v) is 6.00. The highest BCUT2D eigenvalue weighted by Gasteiger charge is 2.53. The van der Waals surface area contributed by atoms with E-state index >= 15 is 0 Å². The van der Waals surface area contributed by atoms with E-state index < -0.39 is 0 Å². The third-order valence-electron chi connectivity index (χ3n) is 6.00. The van der Waals surface area contributed by atoms with Crippen LogP contribution >= 0.6 is 0 Å². The number of fused-ring (bicyclic) bond motifs is 1. The van der Waals surface area contributed by atoms with Crippen LogP contribution in [0, 0.1) is 17.3 Å². The fourth-order valence-electron chi connectivity index (χ4n) is 4.64. The molecule has 0 saturated carbocycles. The van der Waals surface area contributed by atoms with Gasteiger partial charge in [0.15, 0.2) is 0 Å². The van der Waals surface area contributed by atoms with Gasteiger partial charge in [-0.15, -0.1) is 0 Å². The van der Waals surface area contributed by atoms with Gasteiger partial charge in [-0.1, -0.05) is 50.3 Å². The fourth-order valence-corrected chi connectivity index (χ4v) is 4.64. The summed E-state index contributed by atoms with van der Waals surface area (Å²) >= 11 is 0. The Labute approximate surface area is 185 Å². The second kappa shape index (κ2) is 12.0. The minimum atomic E-state index is -0.250. The summed E-state index contributed by atoms with van der Waals surface area (Å²) in [5.74, 6) is 0.843. The summed E-state index contributed by atoms with van der Waals surface area (Å²) in [5.41, 5.74) is 2.40. The van der Waals surface area contributed by atoms with Crippen molar-refractivity contribution in [2.24, 2.45) is 17.3 Å². The zero-order chi connectivity index (χ0) is 22.9. The number of carboxylic acid groups (broad SMARTS) is 1. The van der Waals surface area contributed by atoms with Crippen LogP contribution in [0.4, 0.5) is 0 Å². The summed E-state index contributed by atoms with van der Waals surface area (Å²) in [6, 6.07) is 10.5. The Morgan fingerprint density at radius 2 is 1.94 bits per heavy atom. The maximum atomic E-state index is 12.4. The summed E-state index contributed by atoms with van der Waals surface area (Å²) in [4.78, 5) is 25.1. The molecule has 1 aromatic rings. The van der Waals surface area contributed by atoms with Crippen LogP contribution in [0.3, 0.4) is 0 Å². The third kappa shape index (κ3) is 6.63. The molecule has 2 heterocycles. The van der Waals surface area contributed by atoms with Crippen molar-refractivity contribution in [3.63, 3.8) is 0 Å². The molecular formula is C24H36N2O5. The zero-order valence-corrected chi connectivity index (χ0v) is 18.9. The van der Waals surface area contributed by atoms with Gasteiger partial charge >= 0.3 is 0 Å². The SMILES string of the molecule is CCOCC(=O)N1CC2CN(C/C(=C\C(C)C)c3ccccc3)CC2(CO)C1.O=CO. The molecule has 1 aromatic carbocycles. The topological polar surface area (TPSA) is 90.3 Å². The van der Waals surface area contributed by atoms with Gasteiger partial charge in [-0.05, 0) is 29.9 Å². The highest BCUT2D eigenvalue weighted by atomic mass is 16.5. The minimum Gasteiger partial charge on any atom is -0.483 e. The predicted octanol–water partition coefficient (Wildman–Crippen LogP) is 2.22. The van der Waals surface area contributed by atoms with Crippen LogP contribution in [-0.4, -0.2) is 84.9 Å². The van der Waals surface area contributed by atoms with Gasteiger partial charge in [0.2, 0.25) is 5.91 Å². The number of carbonyl (C=O) groups excluding carboxylic acids is 1. The molecule has 2 N–H and O–H groups in total. The molecule has 172 valence electrons. The molecule has 0 spiro atoms. The van der Waals surface area contributed by atoms with Gasteiger partial charge in [0.25, 0.3) is 6.47 Å². The number of hydrogen-bond donors (Lipinski definition) is 2. The lowest BCUT2D eigenvalue weighted by Crippen LogP contribution is -2.40. The van der Waals surface area contributed by atoms with Crippen LogP contribution in [0.2, 0.25) is 0 Å². The first-order chi connectivity index (χ1) is 14.9. The van der Waals surface area contributed by atoms with E-state index in [1.807, 2.05) is 17.9 Å². The maximum absolute atomic E-state index is 12.4. The van der Waals surface area contributed by atoms with Gasteiger partial charge in [-0.3, -0.25) is 14.5 Å². The van der Waals surface area contributed by atoms with Crippen molar-refractivity contribution in [1.29, 1.82) is 0 Å². The van der Waals surface area contributed by atoms with Gasteiger partial charge < -0.3 is 19.8 Å². The molecule has 2 aliphatic heterocycles. The summed E-state index contributed by atoms with van der Waals surface area (Å²) < 4.78 is 5.28. The van der Waals surface area contributed by atoms with Crippen molar-refractivity contribution in [1.82, 2.24) is 9.80 Å². The smallest absolute Gasteiger partial charge is 0.290 e. The van der Waals surface area contributed by atoms with Gasteiger partial charge in [0.05, 0.1) is 6.61 Å². The molecule has 3 rings (SSSR count). The van der Waals surface area contributed by atoms with Crippen molar-refractivity contribution < 1.29 is 24.5 Å². The highest BCUT2D eigenvalue weighted by molar-refractivity contribution is 5.78. The Bertz CT molecular complexity index is 737. The van der Waals surface area contributed by atoms with Gasteiger partial charge in [-0.25, -0.2) is 0 Å². The molecule has 0 radical (unpaired) electrons. The normalized spacial score (nSPS) is 23.5. The summed E-state index contributed by atoms with van der Waals surface area (Å²) in [5, 5.41) is 17.1. The molecule has 0 bridgehead atoms. The van der Waals surface area contributed by atoms with Crippen LogP contribution in [0.15, 0.2) is 36.4 Å². The first kappa shape index (κ1) is 25.0. The van der Waals surface area contributed by atoms with E-state index in [2.05, 4.69) is 49.1 Å². The number of benzene rings is 1. The van der Waals surface area contributed by atoms with E-state index in [9.17, 15) is 9.90 Å². The van der Waals surface area contributed by atoms with E-state index in [0.717, 1.165) is 26.2 Å². The Morgan fingerprint density at radius 3 is 2.48 bits per heavy atom. The second-order valence-corrected chi connectivity index (χ2v) is 8.71. The lowest BCUT2D eigenvalue weighted by molar-refractivity contribution is -0.135. The van der Waals surface area contributed by atoms with Crippen LogP contribution in [-0.2, 0) is 14.3 Å². The summed E-state index contributed by atoms with van der Waals surface area (Å²) in [7, 11) is 0. The molecule has 2 unspecified atom stereocenters. The van der Waals surface area contributed by atoms with Crippen molar-refractivity contribution in [2.45, 2.75) is 20.8 Å². The first-order valence-corrected chi connectivity index (χ1v) is 10.9. The number of likely N-dealkylation sites (tertiary alicyclic amines) is 2. The van der Waals surface area contributed by atoms with E-state index in [4.69, 9.17) is 14.6 Å². The van der Waals surface area contributed by atoms with E-state index in [0.29, 0.717) is 25.0 Å². The molecule has 0 aromatic heterocycles.